The Labute approximate surface area is 183 Å². The summed E-state index contributed by atoms with van der Waals surface area (Å²) in [5.41, 5.74) is 5.10. The van der Waals surface area contributed by atoms with Gasteiger partial charge in [0.1, 0.15) is 0 Å². The first-order valence-corrected chi connectivity index (χ1v) is 11.5. The molecule has 0 bridgehead atoms. The van der Waals surface area contributed by atoms with E-state index in [-0.39, 0.29) is 17.7 Å². The molecule has 0 unspecified atom stereocenters. The number of aryl methyl sites for hydroxylation is 1. The number of carbonyl (C=O) groups excluding carboxylic acids is 2. The molecule has 0 atom stereocenters. The van der Waals surface area contributed by atoms with Gasteiger partial charge >= 0.3 is 0 Å². The van der Waals surface area contributed by atoms with E-state index >= 15 is 0 Å². The van der Waals surface area contributed by atoms with Crippen LogP contribution in [0.2, 0.25) is 0 Å². The van der Waals surface area contributed by atoms with Crippen molar-refractivity contribution in [2.24, 2.45) is 5.92 Å². The Morgan fingerprint density at radius 1 is 0.968 bits per heavy atom. The number of fused-ring (bicyclic) bond motifs is 1. The average molecular weight is 423 g/mol. The van der Waals surface area contributed by atoms with Crippen molar-refractivity contribution in [1.82, 2.24) is 19.6 Å². The molecule has 5 rings (SSSR count). The molecular weight excluding hydrogens is 392 g/mol. The summed E-state index contributed by atoms with van der Waals surface area (Å²) in [5.74, 6) is 0.249. The molecule has 0 saturated carbocycles. The number of aromatic nitrogens is 2. The van der Waals surface area contributed by atoms with Crippen LogP contribution < -0.4 is 0 Å². The maximum absolute atomic E-state index is 13.4. The van der Waals surface area contributed by atoms with Gasteiger partial charge in [-0.15, -0.1) is 0 Å². The molecule has 3 heterocycles. The number of amides is 2. The number of carbonyl (C=O) groups is 2. The first-order valence-electron chi connectivity index (χ1n) is 11.5. The summed E-state index contributed by atoms with van der Waals surface area (Å²) in [6.07, 6.45) is 4.38. The Bertz CT molecular complexity index is 967. The smallest absolute Gasteiger partial charge is 0.274 e. The summed E-state index contributed by atoms with van der Waals surface area (Å²) in [6, 6.07) is 8.29. The van der Waals surface area contributed by atoms with Crippen LogP contribution in [-0.2, 0) is 22.4 Å². The highest BCUT2D eigenvalue weighted by Gasteiger charge is 2.34. The molecule has 1 aromatic carbocycles. The van der Waals surface area contributed by atoms with E-state index in [1.807, 2.05) is 14.5 Å². The molecule has 2 amide bonds. The zero-order chi connectivity index (χ0) is 21.4. The third-order valence-corrected chi connectivity index (χ3v) is 6.87. The summed E-state index contributed by atoms with van der Waals surface area (Å²) in [6.45, 7) is 5.91. The van der Waals surface area contributed by atoms with E-state index in [1.165, 1.54) is 11.3 Å². The summed E-state index contributed by atoms with van der Waals surface area (Å²) in [4.78, 5) is 30.0. The van der Waals surface area contributed by atoms with Crippen molar-refractivity contribution in [3.8, 4) is 5.69 Å². The predicted octanol–water partition coefficient (Wildman–Crippen LogP) is 2.38. The number of likely N-dealkylation sites (tertiary alicyclic amines) is 1. The van der Waals surface area contributed by atoms with E-state index in [2.05, 4.69) is 31.2 Å². The number of piperidine rings is 1. The highest BCUT2D eigenvalue weighted by Crippen LogP contribution is 2.30. The van der Waals surface area contributed by atoms with Gasteiger partial charge in [0.15, 0.2) is 5.69 Å². The molecular formula is C24H30N4O3. The number of nitrogens with zero attached hydrogens (tertiary/aromatic N) is 4. The monoisotopic (exact) mass is 422 g/mol. The molecule has 0 N–H and O–H groups in total. The van der Waals surface area contributed by atoms with Crippen molar-refractivity contribution in [1.29, 1.82) is 0 Å². The number of rotatable bonds is 3. The van der Waals surface area contributed by atoms with E-state index in [9.17, 15) is 9.59 Å². The lowest BCUT2D eigenvalue weighted by Gasteiger charge is -2.35. The SMILES string of the molecule is Cc1ccc(-n2nc(C(=O)N3CCC(C(=O)N4CCOCC4)CC3)c3c2CCC3)cc1. The summed E-state index contributed by atoms with van der Waals surface area (Å²) in [5, 5.41) is 4.77. The van der Waals surface area contributed by atoms with Crippen LogP contribution in [0.3, 0.4) is 0 Å². The lowest BCUT2D eigenvalue weighted by molar-refractivity contribution is -0.141. The third kappa shape index (κ3) is 3.87. The zero-order valence-corrected chi connectivity index (χ0v) is 18.2. The molecule has 1 aromatic heterocycles. The quantitative estimate of drug-likeness (QED) is 0.762. The van der Waals surface area contributed by atoms with Crippen LogP contribution in [0.5, 0.6) is 0 Å². The number of hydrogen-bond donors (Lipinski definition) is 0. The Hall–Kier alpha value is -2.67. The Morgan fingerprint density at radius 2 is 1.68 bits per heavy atom. The summed E-state index contributed by atoms with van der Waals surface area (Å²) in [7, 11) is 0. The lowest BCUT2D eigenvalue weighted by atomic mass is 9.94. The van der Waals surface area contributed by atoms with Gasteiger partial charge in [0.05, 0.1) is 18.9 Å². The highest BCUT2D eigenvalue weighted by atomic mass is 16.5. The lowest BCUT2D eigenvalue weighted by Crippen LogP contribution is -2.47. The maximum Gasteiger partial charge on any atom is 0.274 e. The van der Waals surface area contributed by atoms with E-state index in [1.54, 1.807) is 0 Å². The average Bonchev–Trinajstić information content (AvgIpc) is 3.43. The first kappa shape index (κ1) is 20.2. The van der Waals surface area contributed by atoms with Crippen molar-refractivity contribution in [2.45, 2.75) is 39.0 Å². The minimum absolute atomic E-state index is 0.0120. The predicted molar refractivity (Wildman–Crippen MR) is 116 cm³/mol. The van der Waals surface area contributed by atoms with Crippen molar-refractivity contribution in [3.63, 3.8) is 0 Å². The number of morpholine rings is 1. The van der Waals surface area contributed by atoms with Crippen LogP contribution in [0.1, 0.15) is 46.6 Å². The van der Waals surface area contributed by atoms with Gasteiger partial charge in [0, 0.05) is 43.4 Å². The second kappa shape index (κ2) is 8.46. The molecule has 7 heteroatoms. The van der Waals surface area contributed by atoms with Crippen molar-refractivity contribution >= 4 is 11.8 Å². The van der Waals surface area contributed by atoms with Crippen LogP contribution in [-0.4, -0.2) is 70.8 Å². The van der Waals surface area contributed by atoms with E-state index in [4.69, 9.17) is 9.84 Å². The van der Waals surface area contributed by atoms with E-state index in [0.29, 0.717) is 45.1 Å². The molecule has 2 aromatic rings. The fourth-order valence-electron chi connectivity index (χ4n) is 5.03. The maximum atomic E-state index is 13.4. The molecule has 2 aliphatic heterocycles. The Kier molecular flexibility index (Phi) is 5.52. The van der Waals surface area contributed by atoms with Gasteiger partial charge in [-0.25, -0.2) is 4.68 Å². The fraction of sp³-hybridized carbons (Fsp3) is 0.542. The van der Waals surface area contributed by atoms with Crippen LogP contribution >= 0.6 is 0 Å². The van der Waals surface area contributed by atoms with E-state index in [0.717, 1.165) is 43.4 Å². The van der Waals surface area contributed by atoms with Gasteiger partial charge in [0.2, 0.25) is 5.91 Å². The Morgan fingerprint density at radius 3 is 2.39 bits per heavy atom. The van der Waals surface area contributed by atoms with Crippen LogP contribution in [0, 0.1) is 12.8 Å². The normalized spacial score (nSPS) is 19.5. The van der Waals surface area contributed by atoms with E-state index < -0.39 is 0 Å². The number of benzene rings is 1. The van der Waals surface area contributed by atoms with Crippen LogP contribution in [0.15, 0.2) is 24.3 Å². The van der Waals surface area contributed by atoms with Gasteiger partial charge in [0.25, 0.3) is 5.91 Å². The summed E-state index contributed by atoms with van der Waals surface area (Å²) < 4.78 is 7.32. The van der Waals surface area contributed by atoms with Gasteiger partial charge < -0.3 is 14.5 Å². The van der Waals surface area contributed by atoms with Gasteiger partial charge in [-0.2, -0.15) is 5.10 Å². The topological polar surface area (TPSA) is 67.7 Å². The molecule has 31 heavy (non-hydrogen) atoms. The minimum atomic E-state index is 0.0120. The molecule has 7 nitrogen and oxygen atoms in total. The first-order chi connectivity index (χ1) is 15.1. The molecule has 2 fully saturated rings. The zero-order valence-electron chi connectivity index (χ0n) is 18.2. The van der Waals surface area contributed by atoms with Gasteiger partial charge in [-0.1, -0.05) is 17.7 Å². The van der Waals surface area contributed by atoms with Crippen LogP contribution in [0.4, 0.5) is 0 Å². The molecule has 164 valence electrons. The third-order valence-electron chi connectivity index (χ3n) is 6.87. The standard InChI is InChI=1S/C24H30N4O3/c1-17-5-7-19(8-6-17)28-21-4-2-3-20(21)22(25-28)24(30)26-11-9-18(10-12-26)23(29)27-13-15-31-16-14-27/h5-8,18H,2-4,9-16H2,1H3. The second-order valence-corrected chi connectivity index (χ2v) is 8.88. The van der Waals surface area contributed by atoms with Crippen LogP contribution in [0.25, 0.3) is 5.69 Å². The molecule has 3 aliphatic rings. The number of ether oxygens (including phenoxy) is 1. The molecule has 0 radical (unpaired) electrons. The summed E-state index contributed by atoms with van der Waals surface area (Å²) >= 11 is 0. The molecule has 0 spiro atoms. The number of hydrogen-bond acceptors (Lipinski definition) is 4. The highest BCUT2D eigenvalue weighted by molar-refractivity contribution is 5.94. The fourth-order valence-corrected chi connectivity index (χ4v) is 5.03. The van der Waals surface area contributed by atoms with Crippen molar-refractivity contribution in [3.05, 3.63) is 46.8 Å². The van der Waals surface area contributed by atoms with Crippen molar-refractivity contribution in [2.75, 3.05) is 39.4 Å². The molecule has 1 aliphatic carbocycles. The van der Waals surface area contributed by atoms with Crippen molar-refractivity contribution < 1.29 is 14.3 Å². The van der Waals surface area contributed by atoms with Gasteiger partial charge in [-0.3, -0.25) is 9.59 Å². The Balaban J connectivity index is 1.29. The minimum Gasteiger partial charge on any atom is -0.378 e. The van der Waals surface area contributed by atoms with Gasteiger partial charge in [-0.05, 0) is 51.2 Å². The largest absolute Gasteiger partial charge is 0.378 e. The molecule has 2 saturated heterocycles. The second-order valence-electron chi connectivity index (χ2n) is 8.88.